The minimum absolute atomic E-state index is 0.192. The number of alkyl halides is 1. The van der Waals surface area contributed by atoms with Gasteiger partial charge in [-0.3, -0.25) is 4.98 Å². The second-order valence-electron chi connectivity index (χ2n) is 2.24. The van der Waals surface area contributed by atoms with Crippen LogP contribution in [0, 0.1) is 11.3 Å². The number of nitrogens with zero attached hydrogens (tertiary/aromatic N) is 2. The van der Waals surface area contributed by atoms with E-state index in [1.54, 1.807) is 18.3 Å². The molecular weight excluding hydrogens is 239 g/mol. The lowest BCUT2D eigenvalue weighted by molar-refractivity contribution is 0.939. The molecule has 62 valence electrons. The number of hydrogen-bond acceptors (Lipinski definition) is 2. The molecule has 0 aliphatic carbocycles. The van der Waals surface area contributed by atoms with Gasteiger partial charge in [0.05, 0.1) is 22.7 Å². The minimum atomic E-state index is -0.192. The maximum Gasteiger partial charge on any atom is 0.0981 e. The summed E-state index contributed by atoms with van der Waals surface area (Å²) in [6.07, 6.45) is 1.55. The molecule has 2 nitrogen and oxygen atoms in total. The molecular formula is C8H6BrClN2. The summed E-state index contributed by atoms with van der Waals surface area (Å²) in [7, 11) is 0. The fourth-order valence-electron chi connectivity index (χ4n) is 0.773. The molecule has 1 unspecified atom stereocenters. The van der Waals surface area contributed by atoms with E-state index in [0.717, 1.165) is 5.69 Å². The van der Waals surface area contributed by atoms with Crippen LogP contribution < -0.4 is 0 Å². The summed E-state index contributed by atoms with van der Waals surface area (Å²) in [5, 5.41) is 9.88. The Labute approximate surface area is 84.3 Å². The Morgan fingerprint density at radius 2 is 2.42 bits per heavy atom. The first-order valence-electron chi connectivity index (χ1n) is 3.35. The monoisotopic (exact) mass is 244 g/mol. The van der Waals surface area contributed by atoms with Crippen LogP contribution in [0.1, 0.15) is 11.6 Å². The van der Waals surface area contributed by atoms with Crippen molar-refractivity contribution in [2.24, 2.45) is 0 Å². The van der Waals surface area contributed by atoms with Gasteiger partial charge in [-0.25, -0.2) is 0 Å². The predicted octanol–water partition coefficient (Wildman–Crippen LogP) is 2.74. The summed E-state index contributed by atoms with van der Waals surface area (Å²) in [5.74, 6) is -0.192. The highest BCUT2D eigenvalue weighted by Gasteiger charge is 2.08. The van der Waals surface area contributed by atoms with E-state index in [9.17, 15) is 0 Å². The van der Waals surface area contributed by atoms with Gasteiger partial charge in [-0.15, -0.1) is 0 Å². The van der Waals surface area contributed by atoms with Crippen LogP contribution in [0.15, 0.2) is 18.3 Å². The third-order valence-electron chi connectivity index (χ3n) is 1.42. The highest BCUT2D eigenvalue weighted by atomic mass is 79.9. The molecule has 0 saturated heterocycles. The first-order chi connectivity index (χ1) is 5.77. The normalized spacial score (nSPS) is 12.1. The van der Waals surface area contributed by atoms with Gasteiger partial charge in [0.1, 0.15) is 0 Å². The number of pyridine rings is 1. The number of aromatic nitrogens is 1. The van der Waals surface area contributed by atoms with Crippen molar-refractivity contribution < 1.29 is 0 Å². The number of halogens is 2. The van der Waals surface area contributed by atoms with E-state index < -0.39 is 0 Å². The molecule has 1 heterocycles. The highest BCUT2D eigenvalue weighted by molar-refractivity contribution is 9.09. The second kappa shape index (κ2) is 4.44. The van der Waals surface area contributed by atoms with Gasteiger partial charge < -0.3 is 0 Å². The van der Waals surface area contributed by atoms with Crippen molar-refractivity contribution in [2.45, 2.75) is 5.92 Å². The Morgan fingerprint density at radius 1 is 1.67 bits per heavy atom. The largest absolute Gasteiger partial charge is 0.258 e. The molecule has 0 amide bonds. The minimum Gasteiger partial charge on any atom is -0.258 e. The molecule has 0 aliphatic rings. The second-order valence-corrected chi connectivity index (χ2v) is 3.32. The predicted molar refractivity (Wildman–Crippen MR) is 51.4 cm³/mol. The smallest absolute Gasteiger partial charge is 0.0981 e. The molecule has 0 fully saturated rings. The summed E-state index contributed by atoms with van der Waals surface area (Å²) in [6, 6.07) is 5.63. The van der Waals surface area contributed by atoms with Gasteiger partial charge >= 0.3 is 0 Å². The van der Waals surface area contributed by atoms with Crippen molar-refractivity contribution in [2.75, 3.05) is 5.33 Å². The van der Waals surface area contributed by atoms with E-state index in [0.29, 0.717) is 10.4 Å². The van der Waals surface area contributed by atoms with Crippen LogP contribution >= 0.6 is 27.5 Å². The molecule has 1 aromatic heterocycles. The van der Waals surface area contributed by atoms with Gasteiger partial charge in [0.25, 0.3) is 0 Å². The van der Waals surface area contributed by atoms with E-state index in [4.69, 9.17) is 16.9 Å². The molecule has 0 aromatic carbocycles. The molecule has 0 radical (unpaired) electrons. The molecule has 4 heteroatoms. The molecule has 1 rings (SSSR count). The SMILES string of the molecule is N#CC(CBr)c1ccc(Cl)cn1. The Bertz CT molecular complexity index is 291. The zero-order chi connectivity index (χ0) is 8.97. The lowest BCUT2D eigenvalue weighted by Gasteiger charge is -2.02. The van der Waals surface area contributed by atoms with Crippen molar-refractivity contribution in [3.63, 3.8) is 0 Å². The van der Waals surface area contributed by atoms with Crippen LogP contribution in [0.5, 0.6) is 0 Å². The van der Waals surface area contributed by atoms with E-state index in [1.807, 2.05) is 0 Å². The summed E-state index contributed by atoms with van der Waals surface area (Å²) in [6.45, 7) is 0. The highest BCUT2D eigenvalue weighted by Crippen LogP contribution is 2.16. The van der Waals surface area contributed by atoms with Crippen LogP contribution in [0.2, 0.25) is 5.02 Å². The van der Waals surface area contributed by atoms with Gasteiger partial charge in [0, 0.05) is 11.5 Å². The Morgan fingerprint density at radius 3 is 2.83 bits per heavy atom. The third kappa shape index (κ3) is 2.20. The molecule has 0 saturated carbocycles. The van der Waals surface area contributed by atoms with E-state index >= 15 is 0 Å². The lowest BCUT2D eigenvalue weighted by atomic mass is 10.1. The van der Waals surface area contributed by atoms with Crippen LogP contribution in [0.3, 0.4) is 0 Å². The summed E-state index contributed by atoms with van der Waals surface area (Å²) in [5.41, 5.74) is 0.749. The lowest BCUT2D eigenvalue weighted by Crippen LogP contribution is -1.98. The van der Waals surface area contributed by atoms with E-state index in [2.05, 4.69) is 27.0 Å². The number of hydrogen-bond donors (Lipinski definition) is 0. The van der Waals surface area contributed by atoms with Gasteiger partial charge in [0.2, 0.25) is 0 Å². The molecule has 12 heavy (non-hydrogen) atoms. The van der Waals surface area contributed by atoms with Gasteiger partial charge in [-0.05, 0) is 12.1 Å². The van der Waals surface area contributed by atoms with Crippen LogP contribution in [0.25, 0.3) is 0 Å². The summed E-state index contributed by atoms with van der Waals surface area (Å²) >= 11 is 8.88. The van der Waals surface area contributed by atoms with Gasteiger partial charge in [0.15, 0.2) is 0 Å². The Balaban J connectivity index is 2.89. The summed E-state index contributed by atoms with van der Waals surface area (Å²) in [4.78, 5) is 4.04. The van der Waals surface area contributed by atoms with Crippen molar-refractivity contribution in [3.05, 3.63) is 29.0 Å². The fraction of sp³-hybridized carbons (Fsp3) is 0.250. The van der Waals surface area contributed by atoms with Crippen LogP contribution in [0.4, 0.5) is 0 Å². The third-order valence-corrected chi connectivity index (χ3v) is 2.29. The zero-order valence-electron chi connectivity index (χ0n) is 6.17. The average Bonchev–Trinajstić information content (AvgIpc) is 2.10. The molecule has 0 bridgehead atoms. The maximum atomic E-state index is 8.70. The van der Waals surface area contributed by atoms with Crippen molar-refractivity contribution in [1.29, 1.82) is 5.26 Å². The molecule has 1 atom stereocenters. The quantitative estimate of drug-likeness (QED) is 0.751. The standard InChI is InChI=1S/C8H6BrClN2/c9-3-6(4-11)8-2-1-7(10)5-12-8/h1-2,5-6H,3H2. The van der Waals surface area contributed by atoms with Crippen molar-refractivity contribution in [3.8, 4) is 6.07 Å². The fourth-order valence-corrected chi connectivity index (χ4v) is 1.36. The number of rotatable bonds is 2. The van der Waals surface area contributed by atoms with E-state index in [1.165, 1.54) is 0 Å². The van der Waals surface area contributed by atoms with Crippen molar-refractivity contribution in [1.82, 2.24) is 4.98 Å². The molecule has 0 spiro atoms. The maximum absolute atomic E-state index is 8.70. The van der Waals surface area contributed by atoms with Gasteiger partial charge in [-0.2, -0.15) is 5.26 Å². The van der Waals surface area contributed by atoms with Crippen molar-refractivity contribution >= 4 is 27.5 Å². The topological polar surface area (TPSA) is 36.7 Å². The Hall–Kier alpha value is -0.590. The van der Waals surface area contributed by atoms with E-state index in [-0.39, 0.29) is 5.92 Å². The molecule has 0 N–H and O–H groups in total. The van der Waals surface area contributed by atoms with Gasteiger partial charge in [-0.1, -0.05) is 27.5 Å². The van der Waals surface area contributed by atoms with Crippen LogP contribution in [-0.4, -0.2) is 10.3 Å². The average molecular weight is 246 g/mol. The van der Waals surface area contributed by atoms with Crippen LogP contribution in [-0.2, 0) is 0 Å². The first-order valence-corrected chi connectivity index (χ1v) is 4.85. The molecule has 0 aliphatic heterocycles. The zero-order valence-corrected chi connectivity index (χ0v) is 8.51. The first kappa shape index (κ1) is 9.50. The summed E-state index contributed by atoms with van der Waals surface area (Å²) < 4.78 is 0. The number of nitriles is 1. The Kier molecular flexibility index (Phi) is 3.51. The molecule has 1 aromatic rings.